The highest BCUT2D eigenvalue weighted by Crippen LogP contribution is 2.04. The Morgan fingerprint density at radius 2 is 1.86 bits per heavy atom. The molecule has 0 atom stereocenters. The summed E-state index contributed by atoms with van der Waals surface area (Å²) in [6.07, 6.45) is 1.47. The van der Waals surface area contributed by atoms with Gasteiger partial charge in [0.25, 0.3) is 5.91 Å². The minimum atomic E-state index is -0.599. The third-order valence-corrected chi connectivity index (χ3v) is 1.07. The van der Waals surface area contributed by atoms with E-state index in [-0.39, 0.29) is 10.8 Å². The number of pyridine rings is 1. The maximum atomic E-state index is 10.5. The fourth-order valence-corrected chi connectivity index (χ4v) is 0.624. The molecule has 76 valence electrons. The highest BCUT2D eigenvalue weighted by Gasteiger charge is 2.03. The van der Waals surface area contributed by atoms with Gasteiger partial charge in [0.15, 0.2) is 10.8 Å². The van der Waals surface area contributed by atoms with Crippen LogP contribution in [0.4, 0.5) is 5.69 Å². The van der Waals surface area contributed by atoms with E-state index < -0.39 is 5.91 Å². The smallest absolute Gasteiger partial charge is 0.269 e. The SMILES string of the molecule is NC(=O)c1ncccc1N.NC(N)=S. The molecule has 0 spiro atoms. The minimum Gasteiger partial charge on any atom is -0.397 e. The molecule has 0 aliphatic rings. The van der Waals surface area contributed by atoms with Crippen LogP contribution in [0.15, 0.2) is 18.3 Å². The van der Waals surface area contributed by atoms with Crippen molar-refractivity contribution in [3.05, 3.63) is 24.0 Å². The van der Waals surface area contributed by atoms with Crippen LogP contribution in [0.1, 0.15) is 10.5 Å². The average Bonchev–Trinajstić information content (AvgIpc) is 2.03. The van der Waals surface area contributed by atoms with E-state index in [0.717, 1.165) is 0 Å². The lowest BCUT2D eigenvalue weighted by atomic mass is 10.3. The molecule has 1 rings (SSSR count). The molecule has 0 bridgehead atoms. The number of hydrogen-bond acceptors (Lipinski definition) is 4. The van der Waals surface area contributed by atoms with Crippen molar-refractivity contribution in [2.45, 2.75) is 0 Å². The third kappa shape index (κ3) is 4.88. The lowest BCUT2D eigenvalue weighted by Gasteiger charge is -1.96. The zero-order valence-corrected chi connectivity index (χ0v) is 8.12. The fourth-order valence-electron chi connectivity index (χ4n) is 0.624. The van der Waals surface area contributed by atoms with Crippen molar-refractivity contribution < 1.29 is 4.79 Å². The molecule has 1 aromatic rings. The number of nitrogens with zero attached hydrogens (tertiary/aromatic N) is 1. The van der Waals surface area contributed by atoms with E-state index in [1.807, 2.05) is 0 Å². The van der Waals surface area contributed by atoms with Gasteiger partial charge >= 0.3 is 0 Å². The molecule has 8 N–H and O–H groups in total. The summed E-state index contributed by atoms with van der Waals surface area (Å²) >= 11 is 4.09. The zero-order valence-electron chi connectivity index (χ0n) is 7.31. The molecular weight excluding hydrogens is 202 g/mol. The Balaban J connectivity index is 0.000000364. The topological polar surface area (TPSA) is 134 Å². The molecule has 0 saturated carbocycles. The monoisotopic (exact) mass is 213 g/mol. The number of carbonyl (C=O) groups excluding carboxylic acids is 1. The third-order valence-electron chi connectivity index (χ3n) is 1.07. The molecule has 0 aliphatic heterocycles. The van der Waals surface area contributed by atoms with E-state index in [4.69, 9.17) is 11.5 Å². The van der Waals surface area contributed by atoms with Gasteiger partial charge in [-0.15, -0.1) is 0 Å². The Kier molecular flexibility index (Phi) is 4.93. The lowest BCUT2D eigenvalue weighted by molar-refractivity contribution is 0.0996. The molecule has 0 aliphatic carbocycles. The number of thiocarbonyl (C=S) groups is 1. The summed E-state index contributed by atoms with van der Waals surface area (Å²) in [6, 6.07) is 3.22. The Hall–Kier alpha value is -1.89. The number of anilines is 1. The first kappa shape index (κ1) is 12.1. The maximum Gasteiger partial charge on any atom is 0.269 e. The van der Waals surface area contributed by atoms with Gasteiger partial charge in [0.2, 0.25) is 0 Å². The predicted octanol–water partition coefficient (Wildman–Crippen LogP) is -1.05. The summed E-state index contributed by atoms with van der Waals surface area (Å²) in [4.78, 5) is 14.2. The normalized spacial score (nSPS) is 8.29. The van der Waals surface area contributed by atoms with E-state index in [1.165, 1.54) is 6.20 Å². The van der Waals surface area contributed by atoms with E-state index >= 15 is 0 Å². The van der Waals surface area contributed by atoms with Crippen molar-refractivity contribution in [2.75, 3.05) is 5.73 Å². The van der Waals surface area contributed by atoms with Gasteiger partial charge in [-0.05, 0) is 24.4 Å². The average molecular weight is 213 g/mol. The van der Waals surface area contributed by atoms with Crippen LogP contribution in [0.3, 0.4) is 0 Å². The van der Waals surface area contributed by atoms with Gasteiger partial charge in [-0.1, -0.05) is 0 Å². The second-order valence-corrected chi connectivity index (χ2v) is 2.68. The van der Waals surface area contributed by atoms with E-state index in [9.17, 15) is 4.79 Å². The Bertz CT molecular complexity index is 337. The molecule has 0 unspecified atom stereocenters. The molecule has 6 nitrogen and oxygen atoms in total. The fraction of sp³-hybridized carbons (Fsp3) is 0. The molecule has 1 aromatic heterocycles. The van der Waals surface area contributed by atoms with Crippen LogP contribution >= 0.6 is 12.2 Å². The van der Waals surface area contributed by atoms with Crippen LogP contribution < -0.4 is 22.9 Å². The molecule has 0 fully saturated rings. The van der Waals surface area contributed by atoms with E-state index in [2.05, 4.69) is 28.7 Å². The summed E-state index contributed by atoms with van der Waals surface area (Å²) in [5, 5.41) is 0.000000000000000222. The number of amides is 1. The van der Waals surface area contributed by atoms with E-state index in [1.54, 1.807) is 12.1 Å². The van der Waals surface area contributed by atoms with Crippen molar-refractivity contribution in [2.24, 2.45) is 17.2 Å². The van der Waals surface area contributed by atoms with Gasteiger partial charge in [-0.25, -0.2) is 4.98 Å². The summed E-state index contributed by atoms with van der Waals surface area (Å²) in [6.45, 7) is 0. The molecule has 7 heteroatoms. The first-order valence-corrected chi connectivity index (χ1v) is 3.91. The molecule has 0 radical (unpaired) electrons. The van der Waals surface area contributed by atoms with Crippen LogP contribution in [0, 0.1) is 0 Å². The minimum absolute atomic E-state index is 0.000000000000000222. The summed E-state index contributed by atoms with van der Waals surface area (Å²) in [5.74, 6) is -0.599. The van der Waals surface area contributed by atoms with Crippen molar-refractivity contribution >= 4 is 28.9 Å². The number of nitrogen functional groups attached to an aromatic ring is 1. The van der Waals surface area contributed by atoms with Crippen molar-refractivity contribution in [3.63, 3.8) is 0 Å². The largest absolute Gasteiger partial charge is 0.397 e. The number of hydrogen-bond donors (Lipinski definition) is 4. The summed E-state index contributed by atoms with van der Waals surface area (Å²) in [7, 11) is 0. The number of primary amides is 1. The second kappa shape index (κ2) is 5.70. The number of carbonyl (C=O) groups is 1. The van der Waals surface area contributed by atoms with E-state index in [0.29, 0.717) is 5.69 Å². The Morgan fingerprint density at radius 3 is 2.14 bits per heavy atom. The summed E-state index contributed by atoms with van der Waals surface area (Å²) < 4.78 is 0. The van der Waals surface area contributed by atoms with Crippen LogP contribution in [0.2, 0.25) is 0 Å². The maximum absolute atomic E-state index is 10.5. The van der Waals surface area contributed by atoms with Crippen LogP contribution in [-0.4, -0.2) is 16.0 Å². The Labute approximate surface area is 86.3 Å². The molecule has 14 heavy (non-hydrogen) atoms. The van der Waals surface area contributed by atoms with Gasteiger partial charge in [-0.2, -0.15) is 0 Å². The molecular formula is C7H11N5OS. The zero-order chi connectivity index (χ0) is 11.1. The molecule has 1 amide bonds. The Morgan fingerprint density at radius 1 is 1.36 bits per heavy atom. The molecule has 0 aromatic carbocycles. The van der Waals surface area contributed by atoms with Crippen LogP contribution in [0.25, 0.3) is 0 Å². The van der Waals surface area contributed by atoms with Crippen LogP contribution in [0.5, 0.6) is 0 Å². The standard InChI is InChI=1S/C6H7N3O.CH4N2S/c7-4-2-1-3-9-5(4)6(8)10;2-1(3)4/h1-3H,7H2,(H2,8,10);(H4,2,3,4). The highest BCUT2D eigenvalue weighted by molar-refractivity contribution is 7.80. The van der Waals surface area contributed by atoms with Gasteiger partial charge in [-0.3, -0.25) is 4.79 Å². The van der Waals surface area contributed by atoms with Crippen molar-refractivity contribution in [1.29, 1.82) is 0 Å². The second-order valence-electron chi connectivity index (χ2n) is 2.21. The quantitative estimate of drug-likeness (QED) is 0.440. The number of rotatable bonds is 1. The first-order chi connectivity index (χ1) is 6.45. The van der Waals surface area contributed by atoms with Crippen molar-refractivity contribution in [3.8, 4) is 0 Å². The van der Waals surface area contributed by atoms with Gasteiger partial charge in [0.05, 0.1) is 5.69 Å². The first-order valence-electron chi connectivity index (χ1n) is 3.50. The lowest BCUT2D eigenvalue weighted by Crippen LogP contribution is -2.18. The van der Waals surface area contributed by atoms with Gasteiger partial charge in [0, 0.05) is 6.20 Å². The number of aromatic nitrogens is 1. The van der Waals surface area contributed by atoms with Gasteiger partial charge in [0.1, 0.15) is 0 Å². The summed E-state index contributed by atoms with van der Waals surface area (Å²) in [5.41, 5.74) is 20.0. The highest BCUT2D eigenvalue weighted by atomic mass is 32.1. The van der Waals surface area contributed by atoms with Crippen LogP contribution in [-0.2, 0) is 0 Å². The molecule has 0 saturated heterocycles. The number of nitrogens with two attached hydrogens (primary N) is 4. The molecule has 1 heterocycles. The predicted molar refractivity (Wildman–Crippen MR) is 58.1 cm³/mol. The van der Waals surface area contributed by atoms with Crippen molar-refractivity contribution in [1.82, 2.24) is 4.98 Å². The van der Waals surface area contributed by atoms with Gasteiger partial charge < -0.3 is 22.9 Å².